The molecule has 0 aliphatic carbocycles. The molecule has 0 fully saturated rings. The molecule has 0 saturated heterocycles. The van der Waals surface area contributed by atoms with E-state index in [1.165, 1.54) is 0 Å². The largest absolute Gasteiger partial charge is 0.483 e. The Morgan fingerprint density at radius 3 is 2.59 bits per heavy atom. The number of aryl methyl sites for hydroxylation is 2. The molecular formula is C23H19BrN2O3. The second-order valence-corrected chi connectivity index (χ2v) is 7.57. The second-order valence-electron chi connectivity index (χ2n) is 6.72. The summed E-state index contributed by atoms with van der Waals surface area (Å²) in [7, 11) is 0. The van der Waals surface area contributed by atoms with E-state index in [9.17, 15) is 4.79 Å². The lowest BCUT2D eigenvalue weighted by molar-refractivity contribution is -0.118. The second kappa shape index (κ2) is 8.09. The van der Waals surface area contributed by atoms with Crippen molar-refractivity contribution < 1.29 is 13.9 Å². The van der Waals surface area contributed by atoms with Gasteiger partial charge in [0.2, 0.25) is 5.89 Å². The van der Waals surface area contributed by atoms with Gasteiger partial charge >= 0.3 is 0 Å². The zero-order chi connectivity index (χ0) is 20.4. The van der Waals surface area contributed by atoms with E-state index in [0.29, 0.717) is 17.3 Å². The number of hydrogen-bond donors (Lipinski definition) is 1. The fraction of sp³-hybridized carbons (Fsp3) is 0.130. The lowest BCUT2D eigenvalue weighted by Crippen LogP contribution is -2.20. The van der Waals surface area contributed by atoms with Crippen LogP contribution in [-0.4, -0.2) is 17.5 Å². The SMILES string of the molecule is Cc1ccccc1OCC(=O)Nc1ccc(-c2nc3c(C)c(Br)ccc3o2)cc1. The summed E-state index contributed by atoms with van der Waals surface area (Å²) in [6.45, 7) is 3.89. The van der Waals surface area contributed by atoms with E-state index in [4.69, 9.17) is 9.15 Å². The van der Waals surface area contributed by atoms with Gasteiger partial charge in [0.15, 0.2) is 12.2 Å². The van der Waals surface area contributed by atoms with E-state index in [1.807, 2.05) is 74.5 Å². The minimum absolute atomic E-state index is 0.0497. The van der Waals surface area contributed by atoms with Gasteiger partial charge < -0.3 is 14.5 Å². The van der Waals surface area contributed by atoms with Crippen LogP contribution in [-0.2, 0) is 4.79 Å². The maximum atomic E-state index is 12.2. The Balaban J connectivity index is 1.43. The third kappa shape index (κ3) is 4.17. The van der Waals surface area contributed by atoms with Gasteiger partial charge in [-0.3, -0.25) is 4.79 Å². The maximum Gasteiger partial charge on any atom is 0.262 e. The fourth-order valence-corrected chi connectivity index (χ4v) is 3.30. The molecule has 0 aliphatic heterocycles. The molecule has 0 aliphatic rings. The molecule has 1 amide bonds. The van der Waals surface area contributed by atoms with Gasteiger partial charge in [0.25, 0.3) is 5.91 Å². The molecule has 146 valence electrons. The lowest BCUT2D eigenvalue weighted by Gasteiger charge is -2.09. The highest BCUT2D eigenvalue weighted by Crippen LogP contribution is 2.30. The number of amides is 1. The number of para-hydroxylation sites is 1. The molecule has 0 atom stereocenters. The molecule has 0 radical (unpaired) electrons. The first kappa shape index (κ1) is 19.2. The minimum Gasteiger partial charge on any atom is -0.483 e. The summed E-state index contributed by atoms with van der Waals surface area (Å²) in [4.78, 5) is 16.8. The van der Waals surface area contributed by atoms with Crippen LogP contribution >= 0.6 is 15.9 Å². The van der Waals surface area contributed by atoms with Crippen LogP contribution in [0, 0.1) is 13.8 Å². The van der Waals surface area contributed by atoms with Crippen LogP contribution in [0.4, 0.5) is 5.69 Å². The quantitative estimate of drug-likeness (QED) is 0.411. The number of rotatable bonds is 5. The average Bonchev–Trinajstić information content (AvgIpc) is 3.16. The van der Waals surface area contributed by atoms with E-state index in [1.54, 1.807) is 0 Å². The highest BCUT2D eigenvalue weighted by molar-refractivity contribution is 9.10. The molecule has 29 heavy (non-hydrogen) atoms. The molecule has 1 N–H and O–H groups in total. The molecule has 3 aromatic carbocycles. The molecular weight excluding hydrogens is 432 g/mol. The van der Waals surface area contributed by atoms with Gasteiger partial charge in [-0.25, -0.2) is 4.98 Å². The Bertz CT molecular complexity index is 1180. The van der Waals surface area contributed by atoms with E-state index in [-0.39, 0.29) is 12.5 Å². The van der Waals surface area contributed by atoms with Crippen LogP contribution in [0.3, 0.4) is 0 Å². The van der Waals surface area contributed by atoms with Crippen molar-refractivity contribution in [1.29, 1.82) is 0 Å². The van der Waals surface area contributed by atoms with E-state index >= 15 is 0 Å². The number of nitrogens with one attached hydrogen (secondary N) is 1. The van der Waals surface area contributed by atoms with Gasteiger partial charge in [0.05, 0.1) is 0 Å². The number of benzene rings is 3. The van der Waals surface area contributed by atoms with Crippen LogP contribution in [0.2, 0.25) is 0 Å². The number of halogens is 1. The number of oxazole rings is 1. The Labute approximate surface area is 176 Å². The predicted molar refractivity (Wildman–Crippen MR) is 117 cm³/mol. The van der Waals surface area contributed by atoms with Gasteiger partial charge in [-0.15, -0.1) is 0 Å². The first-order valence-electron chi connectivity index (χ1n) is 9.15. The maximum absolute atomic E-state index is 12.2. The van der Waals surface area contributed by atoms with Gasteiger partial charge in [0.1, 0.15) is 11.3 Å². The molecule has 0 unspecified atom stereocenters. The highest BCUT2D eigenvalue weighted by atomic mass is 79.9. The van der Waals surface area contributed by atoms with Crippen LogP contribution in [0.25, 0.3) is 22.6 Å². The normalized spacial score (nSPS) is 10.9. The summed E-state index contributed by atoms with van der Waals surface area (Å²) < 4.78 is 12.4. The van der Waals surface area contributed by atoms with Crippen LogP contribution in [0.5, 0.6) is 5.75 Å². The van der Waals surface area contributed by atoms with Crippen molar-refractivity contribution in [3.63, 3.8) is 0 Å². The van der Waals surface area contributed by atoms with E-state index in [0.717, 1.165) is 32.3 Å². The van der Waals surface area contributed by atoms with Crippen LogP contribution in [0.15, 0.2) is 69.6 Å². The minimum atomic E-state index is -0.219. The molecule has 5 nitrogen and oxygen atoms in total. The molecule has 0 saturated carbocycles. The summed E-state index contributed by atoms with van der Waals surface area (Å²) in [6, 6.07) is 18.8. The number of carbonyl (C=O) groups is 1. The number of anilines is 1. The number of hydrogen-bond acceptors (Lipinski definition) is 4. The van der Waals surface area contributed by atoms with E-state index < -0.39 is 0 Å². The van der Waals surface area contributed by atoms with Crippen molar-refractivity contribution in [3.05, 3.63) is 76.3 Å². The smallest absolute Gasteiger partial charge is 0.262 e. The lowest BCUT2D eigenvalue weighted by atomic mass is 10.2. The summed E-state index contributed by atoms with van der Waals surface area (Å²) in [6.07, 6.45) is 0. The molecule has 0 spiro atoms. The molecule has 1 heterocycles. The summed E-state index contributed by atoms with van der Waals surface area (Å²) in [5, 5.41) is 2.83. The highest BCUT2D eigenvalue weighted by Gasteiger charge is 2.12. The Kier molecular flexibility index (Phi) is 5.36. The zero-order valence-corrected chi connectivity index (χ0v) is 17.6. The fourth-order valence-electron chi connectivity index (χ4n) is 2.98. The number of carbonyl (C=O) groups excluding carboxylic acids is 1. The third-order valence-corrected chi connectivity index (χ3v) is 5.47. The Hall–Kier alpha value is -3.12. The number of aromatic nitrogens is 1. The van der Waals surface area contributed by atoms with Crippen LogP contribution < -0.4 is 10.1 Å². The summed E-state index contributed by atoms with van der Waals surface area (Å²) in [5.41, 5.74) is 5.12. The van der Waals surface area contributed by atoms with Gasteiger partial charge in [-0.2, -0.15) is 0 Å². The molecule has 1 aromatic heterocycles. The molecule has 4 rings (SSSR count). The van der Waals surface area contributed by atoms with Crippen molar-refractivity contribution in [1.82, 2.24) is 4.98 Å². The van der Waals surface area contributed by atoms with Crippen molar-refractivity contribution in [2.75, 3.05) is 11.9 Å². The molecule has 4 aromatic rings. The summed E-state index contributed by atoms with van der Waals surface area (Å²) in [5.74, 6) is 1.03. The average molecular weight is 451 g/mol. The predicted octanol–water partition coefficient (Wildman–Crippen LogP) is 5.89. The third-order valence-electron chi connectivity index (χ3n) is 4.62. The van der Waals surface area contributed by atoms with E-state index in [2.05, 4.69) is 26.2 Å². The van der Waals surface area contributed by atoms with Gasteiger partial charge in [-0.1, -0.05) is 34.1 Å². The standard InChI is InChI=1S/C23H19BrN2O3/c1-14-5-3-4-6-19(14)28-13-21(27)25-17-9-7-16(8-10-17)23-26-22-15(2)18(24)11-12-20(22)29-23/h3-12H,13H2,1-2H3,(H,25,27). The van der Waals surface area contributed by atoms with Crippen LogP contribution in [0.1, 0.15) is 11.1 Å². The van der Waals surface area contributed by atoms with Crippen molar-refractivity contribution in [2.24, 2.45) is 0 Å². The zero-order valence-electron chi connectivity index (χ0n) is 16.0. The number of nitrogens with zero attached hydrogens (tertiary/aromatic N) is 1. The van der Waals surface area contributed by atoms with Crippen molar-refractivity contribution in [3.8, 4) is 17.2 Å². The first-order chi connectivity index (χ1) is 14.0. The first-order valence-corrected chi connectivity index (χ1v) is 9.95. The monoisotopic (exact) mass is 450 g/mol. The van der Waals surface area contributed by atoms with Gasteiger partial charge in [-0.05, 0) is 67.4 Å². The number of fused-ring (bicyclic) bond motifs is 1. The summed E-state index contributed by atoms with van der Waals surface area (Å²) >= 11 is 3.51. The molecule has 0 bridgehead atoms. The molecule has 6 heteroatoms. The Morgan fingerprint density at radius 2 is 1.83 bits per heavy atom. The van der Waals surface area contributed by atoms with Crippen molar-refractivity contribution >= 4 is 38.6 Å². The van der Waals surface area contributed by atoms with Gasteiger partial charge in [0, 0.05) is 15.7 Å². The topological polar surface area (TPSA) is 64.4 Å². The Morgan fingerprint density at radius 1 is 1.07 bits per heavy atom. The van der Waals surface area contributed by atoms with Crippen molar-refractivity contribution in [2.45, 2.75) is 13.8 Å². The number of ether oxygens (including phenoxy) is 1.